The maximum atomic E-state index is 12.3. The van der Waals surface area contributed by atoms with Crippen LogP contribution in [0.1, 0.15) is 54.9 Å². The number of carbonyl (C=O) groups excluding carboxylic acids is 3. The largest absolute Gasteiger partial charge is 0.349 e. The summed E-state index contributed by atoms with van der Waals surface area (Å²) in [6.07, 6.45) is 6.45. The van der Waals surface area contributed by atoms with Crippen LogP contribution in [0.5, 0.6) is 0 Å². The lowest BCUT2D eigenvalue weighted by Gasteiger charge is -2.17. The molecular weight excluding hydrogens is 342 g/mol. The van der Waals surface area contributed by atoms with E-state index in [2.05, 4.69) is 10.6 Å². The molecule has 2 fully saturated rings. The molecule has 1 aliphatic heterocycles. The van der Waals surface area contributed by atoms with Gasteiger partial charge in [-0.25, -0.2) is 0 Å². The highest BCUT2D eigenvalue weighted by Crippen LogP contribution is 2.22. The van der Waals surface area contributed by atoms with Gasteiger partial charge in [-0.05, 0) is 49.3 Å². The van der Waals surface area contributed by atoms with Crippen molar-refractivity contribution in [2.24, 2.45) is 5.92 Å². The monoisotopic (exact) mass is 371 g/mol. The lowest BCUT2D eigenvalue weighted by molar-refractivity contribution is -0.131. The number of hydrogen-bond acceptors (Lipinski definition) is 3. The summed E-state index contributed by atoms with van der Waals surface area (Å²) in [5.74, 6) is 0.233. The minimum atomic E-state index is -0.184. The molecule has 2 N–H and O–H groups in total. The van der Waals surface area contributed by atoms with Gasteiger partial charge in [0.05, 0.1) is 6.54 Å². The smallest absolute Gasteiger partial charge is 0.251 e. The highest BCUT2D eigenvalue weighted by Gasteiger charge is 2.26. The summed E-state index contributed by atoms with van der Waals surface area (Å²) >= 11 is 0. The van der Waals surface area contributed by atoms with Gasteiger partial charge in [0.25, 0.3) is 5.91 Å². The fourth-order valence-electron chi connectivity index (χ4n) is 4.00. The summed E-state index contributed by atoms with van der Waals surface area (Å²) in [5, 5.41) is 5.67. The third-order valence-electron chi connectivity index (χ3n) is 5.56. The van der Waals surface area contributed by atoms with Gasteiger partial charge in [0.15, 0.2) is 0 Å². The first-order chi connectivity index (χ1) is 13.0. The minimum Gasteiger partial charge on any atom is -0.349 e. The van der Waals surface area contributed by atoms with Crippen molar-refractivity contribution in [2.45, 2.75) is 51.5 Å². The lowest BCUT2D eigenvalue weighted by atomic mass is 9.98. The van der Waals surface area contributed by atoms with Crippen LogP contribution >= 0.6 is 0 Å². The van der Waals surface area contributed by atoms with E-state index in [4.69, 9.17) is 0 Å². The van der Waals surface area contributed by atoms with Gasteiger partial charge in [-0.2, -0.15) is 0 Å². The van der Waals surface area contributed by atoms with Gasteiger partial charge in [0.2, 0.25) is 11.8 Å². The molecule has 1 saturated heterocycles. The van der Waals surface area contributed by atoms with Crippen LogP contribution in [0.2, 0.25) is 0 Å². The first kappa shape index (κ1) is 19.4. The van der Waals surface area contributed by atoms with Crippen molar-refractivity contribution in [1.82, 2.24) is 15.5 Å². The number of amides is 3. The zero-order chi connectivity index (χ0) is 19.2. The van der Waals surface area contributed by atoms with E-state index >= 15 is 0 Å². The molecule has 1 saturated carbocycles. The van der Waals surface area contributed by atoms with Crippen molar-refractivity contribution in [1.29, 1.82) is 0 Å². The van der Waals surface area contributed by atoms with Crippen molar-refractivity contribution in [3.05, 3.63) is 35.4 Å². The normalized spacial score (nSPS) is 19.9. The number of benzene rings is 1. The van der Waals surface area contributed by atoms with Gasteiger partial charge in [-0.3, -0.25) is 14.4 Å². The summed E-state index contributed by atoms with van der Waals surface area (Å²) in [6, 6.07) is 8.16. The Kier molecular flexibility index (Phi) is 6.48. The molecular formula is C21H29N3O3. The molecule has 0 radical (unpaired) electrons. The second-order valence-corrected chi connectivity index (χ2v) is 7.76. The lowest BCUT2D eigenvalue weighted by Crippen LogP contribution is -2.38. The average Bonchev–Trinajstić information content (AvgIpc) is 3.32. The van der Waals surface area contributed by atoms with Crippen LogP contribution in [0.25, 0.3) is 0 Å². The van der Waals surface area contributed by atoms with E-state index < -0.39 is 0 Å². The van der Waals surface area contributed by atoms with Crippen molar-refractivity contribution < 1.29 is 14.4 Å². The Morgan fingerprint density at radius 1 is 1.07 bits per heavy atom. The zero-order valence-electron chi connectivity index (χ0n) is 16.0. The van der Waals surface area contributed by atoms with Crippen molar-refractivity contribution in [2.75, 3.05) is 19.6 Å². The molecule has 2 aliphatic rings. The molecule has 0 spiro atoms. The van der Waals surface area contributed by atoms with E-state index in [1.807, 2.05) is 29.2 Å². The van der Waals surface area contributed by atoms with Gasteiger partial charge in [-0.1, -0.05) is 25.0 Å². The van der Waals surface area contributed by atoms with Crippen LogP contribution in [0.15, 0.2) is 24.3 Å². The zero-order valence-corrected chi connectivity index (χ0v) is 16.0. The molecule has 6 nitrogen and oxygen atoms in total. The molecule has 1 aliphatic carbocycles. The fourth-order valence-corrected chi connectivity index (χ4v) is 4.00. The molecule has 1 unspecified atom stereocenters. The number of likely N-dealkylation sites (tertiary alicyclic amines) is 1. The first-order valence-electron chi connectivity index (χ1n) is 9.93. The van der Waals surface area contributed by atoms with E-state index in [-0.39, 0.29) is 24.3 Å². The molecule has 1 atom stereocenters. The Bertz CT molecular complexity index is 680. The summed E-state index contributed by atoms with van der Waals surface area (Å²) in [5.41, 5.74) is 1.90. The summed E-state index contributed by atoms with van der Waals surface area (Å²) in [4.78, 5) is 37.1. The van der Waals surface area contributed by atoms with Crippen LogP contribution in [-0.2, 0) is 16.0 Å². The molecule has 6 heteroatoms. The Morgan fingerprint density at radius 3 is 2.44 bits per heavy atom. The van der Waals surface area contributed by atoms with E-state index in [9.17, 15) is 14.4 Å². The van der Waals surface area contributed by atoms with Gasteiger partial charge in [-0.15, -0.1) is 0 Å². The Labute approximate surface area is 160 Å². The van der Waals surface area contributed by atoms with E-state index in [1.165, 1.54) is 25.3 Å². The van der Waals surface area contributed by atoms with Crippen LogP contribution in [-0.4, -0.2) is 48.3 Å². The standard InChI is InChI=1S/C21H29N3O3/c1-15(25)22-13-20(26)24-11-10-17(14-24)12-16-6-8-18(9-7-16)21(27)23-19-4-2-3-5-19/h6-9,17,19H,2-5,10-14H2,1H3,(H,22,25)(H,23,27). The number of carbonyl (C=O) groups is 3. The first-order valence-corrected chi connectivity index (χ1v) is 9.93. The van der Waals surface area contributed by atoms with Crippen LogP contribution in [0, 0.1) is 5.92 Å². The highest BCUT2D eigenvalue weighted by molar-refractivity contribution is 5.94. The second kappa shape index (κ2) is 9.02. The van der Waals surface area contributed by atoms with Crippen LogP contribution < -0.4 is 10.6 Å². The Morgan fingerprint density at radius 2 is 1.78 bits per heavy atom. The van der Waals surface area contributed by atoms with E-state index in [0.717, 1.165) is 38.8 Å². The summed E-state index contributed by atoms with van der Waals surface area (Å²) in [6.45, 7) is 2.96. The van der Waals surface area contributed by atoms with E-state index in [0.29, 0.717) is 17.5 Å². The SMILES string of the molecule is CC(=O)NCC(=O)N1CCC(Cc2ccc(C(=O)NC3CCCC3)cc2)C1. The summed E-state index contributed by atoms with van der Waals surface area (Å²) in [7, 11) is 0. The second-order valence-electron chi connectivity index (χ2n) is 7.76. The van der Waals surface area contributed by atoms with Gasteiger partial charge < -0.3 is 15.5 Å². The third-order valence-corrected chi connectivity index (χ3v) is 5.56. The molecule has 146 valence electrons. The van der Waals surface area contributed by atoms with Crippen LogP contribution in [0.3, 0.4) is 0 Å². The summed E-state index contributed by atoms with van der Waals surface area (Å²) < 4.78 is 0. The predicted octanol–water partition coefficient (Wildman–Crippen LogP) is 1.89. The van der Waals surface area contributed by atoms with Crippen molar-refractivity contribution in [3.63, 3.8) is 0 Å². The van der Waals surface area contributed by atoms with Gasteiger partial charge in [0, 0.05) is 31.6 Å². The maximum absolute atomic E-state index is 12.3. The Hall–Kier alpha value is -2.37. The fraction of sp³-hybridized carbons (Fsp3) is 0.571. The number of hydrogen-bond donors (Lipinski definition) is 2. The molecule has 27 heavy (non-hydrogen) atoms. The molecule has 1 aromatic rings. The Balaban J connectivity index is 1.46. The predicted molar refractivity (Wildman–Crippen MR) is 103 cm³/mol. The van der Waals surface area contributed by atoms with Gasteiger partial charge in [0.1, 0.15) is 0 Å². The number of nitrogens with one attached hydrogen (secondary N) is 2. The molecule has 0 bridgehead atoms. The maximum Gasteiger partial charge on any atom is 0.251 e. The van der Waals surface area contributed by atoms with Gasteiger partial charge >= 0.3 is 0 Å². The molecule has 0 aromatic heterocycles. The topological polar surface area (TPSA) is 78.5 Å². The quantitative estimate of drug-likeness (QED) is 0.801. The molecule has 3 rings (SSSR count). The van der Waals surface area contributed by atoms with E-state index in [1.54, 1.807) is 0 Å². The molecule has 1 heterocycles. The molecule has 3 amide bonds. The van der Waals surface area contributed by atoms with Crippen molar-refractivity contribution in [3.8, 4) is 0 Å². The highest BCUT2D eigenvalue weighted by atomic mass is 16.2. The van der Waals surface area contributed by atoms with Crippen LogP contribution in [0.4, 0.5) is 0 Å². The molecule has 1 aromatic carbocycles. The average molecular weight is 371 g/mol. The van der Waals surface area contributed by atoms with Crippen molar-refractivity contribution >= 4 is 17.7 Å². The number of rotatable bonds is 6. The minimum absolute atomic E-state index is 0.0176. The number of nitrogens with zero attached hydrogens (tertiary/aromatic N) is 1. The third kappa shape index (κ3) is 5.55.